The van der Waals surface area contributed by atoms with E-state index in [9.17, 15) is 4.39 Å². The maximum atomic E-state index is 14.5. The van der Waals surface area contributed by atoms with Crippen LogP contribution in [0.5, 0.6) is 0 Å². The molecule has 8 heteroatoms. The second-order valence-electron chi connectivity index (χ2n) is 11.7. The van der Waals surface area contributed by atoms with Crippen LogP contribution < -0.4 is 0 Å². The van der Waals surface area contributed by atoms with Crippen LogP contribution in [0.1, 0.15) is 22.8 Å². The number of H-pyrrole nitrogens is 1. The molecule has 8 bridgehead atoms. The minimum Gasteiger partial charge on any atom is -0.355 e. The molecule has 0 atom stereocenters. The zero-order valence-corrected chi connectivity index (χ0v) is 26.0. The van der Waals surface area contributed by atoms with Crippen LogP contribution in [0.3, 0.4) is 0 Å². The lowest BCUT2D eigenvalue weighted by Crippen LogP contribution is -1.99. The number of pyridine rings is 3. The molecule has 7 nitrogen and oxygen atoms in total. The number of rotatable bonds is 4. The summed E-state index contributed by atoms with van der Waals surface area (Å²) in [5, 5.41) is 0. The molecule has 1 aromatic carbocycles. The van der Waals surface area contributed by atoms with E-state index in [-0.39, 0.29) is 5.82 Å². The molecule has 7 aromatic rings. The highest BCUT2D eigenvalue weighted by Crippen LogP contribution is 2.46. The average molecular weight is 636 g/mol. The first kappa shape index (κ1) is 28.4. The van der Waals surface area contributed by atoms with Crippen molar-refractivity contribution in [2.45, 2.75) is 0 Å². The summed E-state index contributed by atoms with van der Waals surface area (Å²) in [6.07, 6.45) is 13.4. The predicted octanol–water partition coefficient (Wildman–Crippen LogP) is 9.44. The summed E-state index contributed by atoms with van der Waals surface area (Å²) < 4.78 is 16.6. The molecule has 0 spiro atoms. The Morgan fingerprint density at radius 2 is 1.14 bits per heavy atom. The van der Waals surface area contributed by atoms with Gasteiger partial charge >= 0.3 is 0 Å². The Morgan fingerprint density at radius 3 is 1.80 bits per heavy atom. The first-order valence-corrected chi connectivity index (χ1v) is 15.9. The fourth-order valence-corrected chi connectivity index (χ4v) is 6.45. The maximum Gasteiger partial charge on any atom is 0.137 e. The predicted molar refractivity (Wildman–Crippen MR) is 193 cm³/mol. The van der Waals surface area contributed by atoms with Gasteiger partial charge in [-0.2, -0.15) is 0 Å². The Hall–Kier alpha value is -6.80. The highest BCUT2D eigenvalue weighted by atomic mass is 19.1. The van der Waals surface area contributed by atoms with Gasteiger partial charge in [0.25, 0.3) is 0 Å². The topological polar surface area (TPSA) is 85.2 Å². The number of fused-ring (bicyclic) bond motifs is 8. The van der Waals surface area contributed by atoms with Gasteiger partial charge in [0, 0.05) is 46.3 Å². The van der Waals surface area contributed by atoms with Gasteiger partial charge in [-0.25, -0.2) is 19.3 Å². The monoisotopic (exact) mass is 635 g/mol. The summed E-state index contributed by atoms with van der Waals surface area (Å²) >= 11 is 0. The minimum absolute atomic E-state index is 0.326. The van der Waals surface area contributed by atoms with Crippen molar-refractivity contribution in [1.82, 2.24) is 34.5 Å². The molecule has 2 aliphatic rings. The van der Waals surface area contributed by atoms with E-state index >= 15 is 0 Å². The van der Waals surface area contributed by atoms with E-state index in [0.29, 0.717) is 11.5 Å². The summed E-state index contributed by atoms with van der Waals surface area (Å²) in [6, 6.07) is 34.3. The molecule has 49 heavy (non-hydrogen) atoms. The fraction of sp³-hybridized carbons (Fsp3) is 0. The Kier molecular flexibility index (Phi) is 6.83. The number of aromatic nitrogens is 7. The average Bonchev–Trinajstić information content (AvgIpc) is 3.95. The summed E-state index contributed by atoms with van der Waals surface area (Å²) in [6.45, 7) is 0. The van der Waals surface area contributed by atoms with E-state index in [4.69, 9.17) is 24.9 Å². The highest BCUT2D eigenvalue weighted by Gasteiger charge is 2.27. The normalized spacial score (nSPS) is 12.0. The molecule has 6 aromatic heterocycles. The molecule has 2 aliphatic heterocycles. The molecule has 0 amide bonds. The minimum atomic E-state index is -0.326. The van der Waals surface area contributed by atoms with E-state index in [1.54, 1.807) is 30.7 Å². The molecule has 0 aliphatic carbocycles. The molecule has 0 fully saturated rings. The van der Waals surface area contributed by atoms with E-state index < -0.39 is 0 Å². The molecule has 232 valence electrons. The zero-order valence-electron chi connectivity index (χ0n) is 26.0. The van der Waals surface area contributed by atoms with Gasteiger partial charge < -0.3 is 4.98 Å². The van der Waals surface area contributed by atoms with Crippen LogP contribution in [0.2, 0.25) is 0 Å². The third kappa shape index (κ3) is 5.21. The van der Waals surface area contributed by atoms with Gasteiger partial charge in [0.15, 0.2) is 0 Å². The lowest BCUT2D eigenvalue weighted by atomic mass is 9.97. The van der Waals surface area contributed by atoms with Crippen molar-refractivity contribution in [3.05, 3.63) is 156 Å². The van der Waals surface area contributed by atoms with Crippen molar-refractivity contribution >= 4 is 46.4 Å². The third-order valence-electron chi connectivity index (χ3n) is 8.52. The van der Waals surface area contributed by atoms with Crippen molar-refractivity contribution in [3.63, 3.8) is 0 Å². The van der Waals surface area contributed by atoms with Crippen molar-refractivity contribution in [3.8, 4) is 39.5 Å². The molecule has 0 unspecified atom stereocenters. The van der Waals surface area contributed by atoms with Crippen LogP contribution in [0, 0.1) is 5.82 Å². The number of nitrogens with zero attached hydrogens (tertiary/aromatic N) is 6. The summed E-state index contributed by atoms with van der Waals surface area (Å²) in [7, 11) is 0. The Bertz CT molecular complexity index is 2590. The van der Waals surface area contributed by atoms with Crippen molar-refractivity contribution in [1.29, 1.82) is 0 Å². The van der Waals surface area contributed by atoms with Crippen LogP contribution in [-0.4, -0.2) is 34.5 Å². The first-order valence-electron chi connectivity index (χ1n) is 15.9. The molecular formula is C41H26FN7. The molecule has 8 heterocycles. The smallest absolute Gasteiger partial charge is 0.137 e. The number of aromatic amines is 1. The number of hydrogen-bond acceptors (Lipinski definition) is 5. The summed E-state index contributed by atoms with van der Waals surface area (Å²) in [5.74, 6) is 0.353. The molecule has 0 saturated carbocycles. The van der Waals surface area contributed by atoms with E-state index in [2.05, 4.69) is 15.6 Å². The van der Waals surface area contributed by atoms with Crippen molar-refractivity contribution in [2.24, 2.45) is 0 Å². The molecular weight excluding hydrogens is 609 g/mol. The van der Waals surface area contributed by atoms with E-state index in [1.165, 1.54) is 12.1 Å². The zero-order chi connectivity index (χ0) is 32.7. The largest absolute Gasteiger partial charge is 0.355 e. The standard InChI is InChI=1S/C41H26FN7/c42-27-12-10-26(11-13-27)38-35-19-18-31(48-35)24-30-15-14-28(46-30)23-29-16-17-32(47-29)25-36-39(33-7-1-4-20-43-33)40(34-8-2-5-21-44-34)41(38)49(36)37-9-3-6-22-45-37/h1-25,46H. The van der Waals surface area contributed by atoms with Gasteiger partial charge in [-0.15, -0.1) is 0 Å². The summed E-state index contributed by atoms with van der Waals surface area (Å²) in [4.78, 5) is 28.3. The molecule has 0 saturated heterocycles. The van der Waals surface area contributed by atoms with Gasteiger partial charge in [-0.05, 0) is 109 Å². The van der Waals surface area contributed by atoms with E-state index in [1.807, 2.05) is 103 Å². The molecule has 9 rings (SSSR count). The van der Waals surface area contributed by atoms with Crippen molar-refractivity contribution < 1.29 is 4.39 Å². The van der Waals surface area contributed by atoms with Crippen LogP contribution in [0.15, 0.2) is 128 Å². The Morgan fingerprint density at radius 1 is 0.531 bits per heavy atom. The van der Waals surface area contributed by atoms with Crippen LogP contribution in [0.4, 0.5) is 4.39 Å². The van der Waals surface area contributed by atoms with Crippen LogP contribution in [0.25, 0.3) is 85.8 Å². The third-order valence-corrected chi connectivity index (χ3v) is 8.52. The quantitative estimate of drug-likeness (QED) is 0.208. The van der Waals surface area contributed by atoms with Gasteiger partial charge in [0.05, 0.1) is 45.2 Å². The lowest BCUT2D eigenvalue weighted by molar-refractivity contribution is 0.628. The Labute approximate surface area is 280 Å². The van der Waals surface area contributed by atoms with Gasteiger partial charge in [-0.1, -0.05) is 30.3 Å². The second kappa shape index (κ2) is 11.8. The lowest BCUT2D eigenvalue weighted by Gasteiger charge is -2.12. The molecule has 1 N–H and O–H groups in total. The van der Waals surface area contributed by atoms with Crippen LogP contribution in [-0.2, 0) is 0 Å². The van der Waals surface area contributed by atoms with Gasteiger partial charge in [-0.3, -0.25) is 14.5 Å². The van der Waals surface area contributed by atoms with E-state index in [0.717, 1.165) is 72.8 Å². The maximum absolute atomic E-state index is 14.5. The number of halogens is 1. The first-order chi connectivity index (χ1) is 24.2. The van der Waals surface area contributed by atoms with Crippen molar-refractivity contribution in [2.75, 3.05) is 0 Å². The number of nitrogens with one attached hydrogen (secondary N) is 1. The van der Waals surface area contributed by atoms with Crippen LogP contribution >= 0.6 is 0 Å². The second-order valence-corrected chi connectivity index (χ2v) is 11.7. The molecule has 0 radical (unpaired) electrons. The number of benzene rings is 1. The fourth-order valence-electron chi connectivity index (χ4n) is 6.45. The summed E-state index contributed by atoms with van der Waals surface area (Å²) in [5.41, 5.74) is 11.2. The highest BCUT2D eigenvalue weighted by molar-refractivity contribution is 6.09. The SMILES string of the molecule is Fc1ccc(-c2c3nc(cc4ccc(cc5nc(cc6c(-c7ccccn7)c(-c7ccccn7)c2n6-c2ccccn2)C=C5)[nH]4)C=C3)cc1. The number of hydrogen-bond donors (Lipinski definition) is 1. The van der Waals surface area contributed by atoms with Gasteiger partial charge in [0.1, 0.15) is 11.6 Å². The Balaban J connectivity index is 1.61. The van der Waals surface area contributed by atoms with Gasteiger partial charge in [0.2, 0.25) is 0 Å².